The molecule has 0 radical (unpaired) electrons. The summed E-state index contributed by atoms with van der Waals surface area (Å²) in [5, 5.41) is 20.5. The van der Waals surface area contributed by atoms with Crippen LogP contribution < -0.4 is 4.74 Å². The number of hydrogen-bond donors (Lipinski definition) is 2. The maximum atomic E-state index is 10.3. The summed E-state index contributed by atoms with van der Waals surface area (Å²) in [6.07, 6.45) is 0.121. The molecule has 1 fully saturated rings. The Morgan fingerprint density at radius 3 is 2.59 bits per heavy atom. The Morgan fingerprint density at radius 1 is 1.19 bits per heavy atom. The molecular weight excluding hydrogens is 364 g/mol. The zero-order valence-corrected chi connectivity index (χ0v) is 16.5. The largest absolute Gasteiger partial charge is 0.494 e. The molecule has 2 aromatic rings. The van der Waals surface area contributed by atoms with Crippen LogP contribution in [0.4, 0.5) is 0 Å². The van der Waals surface area contributed by atoms with Crippen LogP contribution in [-0.2, 0) is 11.2 Å². The molecule has 27 heavy (non-hydrogen) atoms. The van der Waals surface area contributed by atoms with E-state index >= 15 is 0 Å². The van der Waals surface area contributed by atoms with Crippen LogP contribution in [-0.4, -0.2) is 35.6 Å². The number of benzene rings is 2. The first-order chi connectivity index (χ1) is 13.0. The van der Waals surface area contributed by atoms with Gasteiger partial charge in [0.05, 0.1) is 31.5 Å². The second kappa shape index (κ2) is 9.07. The third-order valence-corrected chi connectivity index (χ3v) is 5.61. The predicted molar refractivity (Wildman–Crippen MR) is 106 cm³/mol. The van der Waals surface area contributed by atoms with Gasteiger partial charge in [0.1, 0.15) is 5.75 Å². The van der Waals surface area contributed by atoms with Gasteiger partial charge in [-0.25, -0.2) is 0 Å². The van der Waals surface area contributed by atoms with Crippen LogP contribution in [0.15, 0.2) is 42.5 Å². The van der Waals surface area contributed by atoms with Gasteiger partial charge in [0.15, 0.2) is 0 Å². The van der Waals surface area contributed by atoms with Crippen molar-refractivity contribution in [3.8, 4) is 5.75 Å². The van der Waals surface area contributed by atoms with Crippen molar-refractivity contribution < 1.29 is 19.7 Å². The first-order valence-corrected chi connectivity index (χ1v) is 9.84. The number of halogens is 1. The van der Waals surface area contributed by atoms with Gasteiger partial charge in [-0.15, -0.1) is 0 Å². The highest BCUT2D eigenvalue weighted by Gasteiger charge is 2.35. The van der Waals surface area contributed by atoms with E-state index in [1.54, 1.807) is 0 Å². The van der Waals surface area contributed by atoms with E-state index < -0.39 is 6.10 Å². The van der Waals surface area contributed by atoms with Gasteiger partial charge in [-0.05, 0) is 48.2 Å². The average Bonchev–Trinajstić information content (AvgIpc) is 2.67. The quantitative estimate of drug-likeness (QED) is 0.777. The monoisotopic (exact) mass is 390 g/mol. The van der Waals surface area contributed by atoms with Gasteiger partial charge < -0.3 is 19.7 Å². The van der Waals surface area contributed by atoms with Crippen LogP contribution in [0.3, 0.4) is 0 Å². The molecule has 0 amide bonds. The van der Waals surface area contributed by atoms with E-state index in [1.807, 2.05) is 56.3 Å². The van der Waals surface area contributed by atoms with Crippen molar-refractivity contribution in [2.75, 3.05) is 13.2 Å². The van der Waals surface area contributed by atoms with Gasteiger partial charge in [0.25, 0.3) is 0 Å². The van der Waals surface area contributed by atoms with Gasteiger partial charge in [0, 0.05) is 17.4 Å². The molecule has 0 aliphatic carbocycles. The van der Waals surface area contributed by atoms with Gasteiger partial charge >= 0.3 is 0 Å². The molecule has 3 rings (SSSR count). The van der Waals surface area contributed by atoms with Crippen molar-refractivity contribution in [2.45, 2.75) is 45.0 Å². The highest BCUT2D eigenvalue weighted by molar-refractivity contribution is 6.31. The summed E-state index contributed by atoms with van der Waals surface area (Å²) in [7, 11) is 0. The lowest BCUT2D eigenvalue weighted by Gasteiger charge is -2.37. The molecule has 1 saturated heterocycles. The Balaban J connectivity index is 1.78. The third kappa shape index (κ3) is 4.82. The Labute approximate surface area is 165 Å². The lowest BCUT2D eigenvalue weighted by molar-refractivity contribution is -0.147. The van der Waals surface area contributed by atoms with E-state index in [1.165, 1.54) is 0 Å². The summed E-state index contributed by atoms with van der Waals surface area (Å²) in [6.45, 7) is 4.42. The molecule has 0 spiro atoms. The molecule has 0 saturated carbocycles. The molecule has 1 aliphatic rings. The first-order valence-electron chi connectivity index (χ1n) is 9.46. The Bertz CT molecular complexity index is 746. The van der Waals surface area contributed by atoms with Crippen molar-refractivity contribution in [3.63, 3.8) is 0 Å². The van der Waals surface area contributed by atoms with E-state index in [0.717, 1.165) is 22.4 Å². The fraction of sp³-hybridized carbons (Fsp3) is 0.455. The van der Waals surface area contributed by atoms with Crippen LogP contribution in [0.5, 0.6) is 5.75 Å². The average molecular weight is 391 g/mol. The van der Waals surface area contributed by atoms with Crippen molar-refractivity contribution in [1.29, 1.82) is 0 Å². The second-order valence-electron chi connectivity index (χ2n) is 7.11. The highest BCUT2D eigenvalue weighted by Crippen LogP contribution is 2.36. The minimum Gasteiger partial charge on any atom is -0.494 e. The summed E-state index contributed by atoms with van der Waals surface area (Å²) in [4.78, 5) is 0. The topological polar surface area (TPSA) is 58.9 Å². The summed E-state index contributed by atoms with van der Waals surface area (Å²) in [6, 6.07) is 13.9. The van der Waals surface area contributed by atoms with Crippen LogP contribution in [0.25, 0.3) is 0 Å². The van der Waals surface area contributed by atoms with Crippen LogP contribution in [0, 0.1) is 5.92 Å². The molecule has 4 atom stereocenters. The molecular formula is C22H27ClO4. The number of rotatable bonds is 6. The SMILES string of the molecule is CCOc1ccc(Cc2cc([C@H]3C[C@@H](O)C(C)[C@@H](CO)O3)ccc2Cl)cc1. The molecule has 1 aliphatic heterocycles. The zero-order chi connectivity index (χ0) is 19.4. The molecule has 5 heteroatoms. The number of ether oxygens (including phenoxy) is 2. The maximum Gasteiger partial charge on any atom is 0.119 e. The van der Waals surface area contributed by atoms with Gasteiger partial charge in [-0.3, -0.25) is 0 Å². The molecule has 1 unspecified atom stereocenters. The molecule has 1 heterocycles. The molecule has 4 nitrogen and oxygen atoms in total. The van der Waals surface area contributed by atoms with Crippen molar-refractivity contribution in [3.05, 3.63) is 64.2 Å². The van der Waals surface area contributed by atoms with Gasteiger partial charge in [-0.2, -0.15) is 0 Å². The van der Waals surface area contributed by atoms with Crippen LogP contribution >= 0.6 is 11.6 Å². The lowest BCUT2D eigenvalue weighted by Crippen LogP contribution is -2.41. The maximum absolute atomic E-state index is 10.3. The molecule has 0 aromatic heterocycles. The van der Waals surface area contributed by atoms with Crippen molar-refractivity contribution in [2.24, 2.45) is 5.92 Å². The molecule has 2 N–H and O–H groups in total. The Kier molecular flexibility index (Phi) is 6.77. The second-order valence-corrected chi connectivity index (χ2v) is 7.52. The van der Waals surface area contributed by atoms with E-state index in [2.05, 4.69) is 0 Å². The fourth-order valence-corrected chi connectivity index (χ4v) is 3.70. The fourth-order valence-electron chi connectivity index (χ4n) is 3.52. The standard InChI is InChI=1S/C22H27ClO4/c1-3-26-18-7-4-15(5-8-18)10-17-11-16(6-9-19(17)23)21-12-20(25)14(2)22(13-24)27-21/h4-9,11,14,20-22,24-25H,3,10,12-13H2,1-2H3/t14?,20-,21-,22-/m1/s1. The Hall–Kier alpha value is -1.59. The van der Waals surface area contributed by atoms with E-state index in [9.17, 15) is 10.2 Å². The number of hydrogen-bond acceptors (Lipinski definition) is 4. The smallest absolute Gasteiger partial charge is 0.119 e. The minimum absolute atomic E-state index is 0.0816. The predicted octanol–water partition coefficient (Wildman–Crippen LogP) is 4.15. The number of aliphatic hydroxyl groups excluding tert-OH is 2. The first kappa shape index (κ1) is 20.2. The van der Waals surface area contributed by atoms with E-state index in [4.69, 9.17) is 21.1 Å². The van der Waals surface area contributed by atoms with Crippen LogP contribution in [0.1, 0.15) is 43.1 Å². The minimum atomic E-state index is -0.494. The normalized spacial score (nSPS) is 25.4. The summed E-state index contributed by atoms with van der Waals surface area (Å²) >= 11 is 6.42. The Morgan fingerprint density at radius 2 is 1.93 bits per heavy atom. The zero-order valence-electron chi connectivity index (χ0n) is 15.8. The third-order valence-electron chi connectivity index (χ3n) is 5.24. The van der Waals surface area contributed by atoms with E-state index in [0.29, 0.717) is 24.5 Å². The molecule has 0 bridgehead atoms. The van der Waals surface area contributed by atoms with Crippen molar-refractivity contribution >= 4 is 11.6 Å². The van der Waals surface area contributed by atoms with Crippen LogP contribution in [0.2, 0.25) is 5.02 Å². The van der Waals surface area contributed by atoms with Gasteiger partial charge in [-0.1, -0.05) is 42.8 Å². The highest BCUT2D eigenvalue weighted by atomic mass is 35.5. The summed E-state index contributed by atoms with van der Waals surface area (Å²) < 4.78 is 11.5. The van der Waals surface area contributed by atoms with E-state index in [-0.39, 0.29) is 24.7 Å². The number of aliphatic hydroxyl groups is 2. The molecule has 146 valence electrons. The van der Waals surface area contributed by atoms with Crippen molar-refractivity contribution in [1.82, 2.24) is 0 Å². The summed E-state index contributed by atoms with van der Waals surface area (Å²) in [5.74, 6) is 0.775. The summed E-state index contributed by atoms with van der Waals surface area (Å²) in [5.41, 5.74) is 3.13. The lowest BCUT2D eigenvalue weighted by atomic mass is 9.87. The van der Waals surface area contributed by atoms with Gasteiger partial charge in [0.2, 0.25) is 0 Å². The molecule has 2 aromatic carbocycles.